The summed E-state index contributed by atoms with van der Waals surface area (Å²) in [5.41, 5.74) is -3.62. The van der Waals surface area contributed by atoms with Crippen molar-refractivity contribution in [1.82, 2.24) is 10.6 Å². The van der Waals surface area contributed by atoms with E-state index in [1.807, 2.05) is 20.8 Å². The Labute approximate surface area is 334 Å². The van der Waals surface area contributed by atoms with E-state index in [0.29, 0.717) is 19.3 Å². The van der Waals surface area contributed by atoms with Crippen molar-refractivity contribution in [1.29, 1.82) is 0 Å². The monoisotopic (exact) mass is 806 g/mol. The molecule has 1 fully saturated rings. The summed E-state index contributed by atoms with van der Waals surface area (Å²) in [5.74, 6) is -3.19. The van der Waals surface area contributed by atoms with E-state index in [-0.39, 0.29) is 45.0 Å². The van der Waals surface area contributed by atoms with Gasteiger partial charge in [-0.25, -0.2) is 28.8 Å². The minimum absolute atomic E-state index is 0.100. The van der Waals surface area contributed by atoms with E-state index >= 15 is 0 Å². The van der Waals surface area contributed by atoms with E-state index in [1.165, 1.54) is 6.08 Å². The van der Waals surface area contributed by atoms with Crippen LogP contribution in [0.1, 0.15) is 40.0 Å². The Morgan fingerprint density at radius 1 is 0.667 bits per heavy atom. The summed E-state index contributed by atoms with van der Waals surface area (Å²) < 4.78 is 43.0. The van der Waals surface area contributed by atoms with E-state index < -0.39 is 91.1 Å². The number of aliphatic hydroxyl groups is 1. The third kappa shape index (κ3) is 19.4. The van der Waals surface area contributed by atoms with Gasteiger partial charge in [-0.3, -0.25) is 0 Å². The maximum absolute atomic E-state index is 13.3. The fourth-order valence-electron chi connectivity index (χ4n) is 6.17. The van der Waals surface area contributed by atoms with Gasteiger partial charge in [-0.05, 0) is 36.2 Å². The molecule has 0 aliphatic heterocycles. The lowest BCUT2D eigenvalue weighted by atomic mass is 9.62. The van der Waals surface area contributed by atoms with Crippen molar-refractivity contribution in [3.63, 3.8) is 0 Å². The van der Waals surface area contributed by atoms with Gasteiger partial charge in [0.25, 0.3) is 0 Å². The van der Waals surface area contributed by atoms with Crippen LogP contribution in [0.3, 0.4) is 0 Å². The van der Waals surface area contributed by atoms with E-state index in [9.17, 15) is 33.9 Å². The fourth-order valence-corrected chi connectivity index (χ4v) is 6.17. The van der Waals surface area contributed by atoms with Crippen LogP contribution in [0.2, 0.25) is 0 Å². The van der Waals surface area contributed by atoms with Gasteiger partial charge in [0, 0.05) is 36.9 Å². The Bertz CT molecular complexity index is 1400. The second-order valence-corrected chi connectivity index (χ2v) is 14.9. The van der Waals surface area contributed by atoms with Crippen molar-refractivity contribution in [2.24, 2.45) is 21.7 Å². The molecule has 1 saturated carbocycles. The second kappa shape index (κ2) is 24.4. The first-order valence-electron chi connectivity index (χ1n) is 17.9. The number of ether oxygens (including phenoxy) is 8. The number of nitrogens with one attached hydrogen (secondary N) is 2. The SMILES string of the molecule is C=CCOCC(COC(=O)C=C)(COC(=O)NCC1(C)CC(NC(=O)OCC(COC(=O)C=C)(COC(=O)C=C)COC(=O)C=C)CC(C)(C)C1)COC(O)C=C. The normalized spacial score (nSPS) is 18.7. The fraction of sp³-hybridized carbons (Fsp3) is 0.550. The molecule has 0 bridgehead atoms. The van der Waals surface area contributed by atoms with Crippen molar-refractivity contribution in [2.45, 2.75) is 52.4 Å². The highest BCUT2D eigenvalue weighted by atomic mass is 16.6. The minimum atomic E-state index is -1.52. The number of carbonyl (C=O) groups excluding carboxylic acids is 6. The molecule has 0 spiro atoms. The van der Waals surface area contributed by atoms with Crippen LogP contribution >= 0.6 is 0 Å². The Balaban J connectivity index is 3.10. The summed E-state index contributed by atoms with van der Waals surface area (Å²) in [6.07, 6.45) is 4.96. The number of esters is 4. The average Bonchev–Trinajstić information content (AvgIpc) is 3.18. The van der Waals surface area contributed by atoms with Crippen molar-refractivity contribution in [2.75, 3.05) is 66.0 Å². The minimum Gasteiger partial charge on any atom is -0.462 e. The molecule has 3 N–H and O–H groups in total. The maximum atomic E-state index is 13.3. The predicted molar refractivity (Wildman–Crippen MR) is 206 cm³/mol. The van der Waals surface area contributed by atoms with Crippen LogP contribution in [0.15, 0.2) is 75.9 Å². The summed E-state index contributed by atoms with van der Waals surface area (Å²) in [6.45, 7) is 23.8. The zero-order chi connectivity index (χ0) is 43.1. The summed E-state index contributed by atoms with van der Waals surface area (Å²) in [4.78, 5) is 74.1. The second-order valence-electron chi connectivity index (χ2n) is 14.9. The van der Waals surface area contributed by atoms with Gasteiger partial charge in [-0.15, -0.1) is 6.58 Å². The first-order chi connectivity index (χ1) is 26.8. The molecule has 4 atom stereocenters. The number of rotatable bonds is 27. The zero-order valence-corrected chi connectivity index (χ0v) is 33.2. The standard InChI is InChI=1S/C40H58N2O15/c1-10-16-50-21-39(22-51-30(43)11-2,23-52-31(44)12-3)27-56-35(48)41-20-38(9)18-29(17-37(7,8)19-38)42-36(49)57-28-40(24-53-32(45)13-4,25-54-33(46)14-5)26-55-34(47)15-6/h10-15,29-30,43H,1-6,16-28H2,7-9H3,(H,41,48)(H,42,49). The largest absolute Gasteiger partial charge is 0.462 e. The lowest BCUT2D eigenvalue weighted by molar-refractivity contribution is -0.160. The van der Waals surface area contributed by atoms with Crippen molar-refractivity contribution < 1.29 is 71.8 Å². The highest BCUT2D eigenvalue weighted by Crippen LogP contribution is 2.46. The maximum Gasteiger partial charge on any atom is 0.407 e. The third-order valence-corrected chi connectivity index (χ3v) is 8.60. The average molecular weight is 807 g/mol. The third-order valence-electron chi connectivity index (χ3n) is 8.60. The molecule has 17 heteroatoms. The van der Waals surface area contributed by atoms with Crippen LogP contribution in [-0.4, -0.2) is 120 Å². The van der Waals surface area contributed by atoms with E-state index in [0.717, 1.165) is 30.4 Å². The van der Waals surface area contributed by atoms with E-state index in [1.54, 1.807) is 0 Å². The summed E-state index contributed by atoms with van der Waals surface area (Å²) >= 11 is 0. The molecule has 0 aromatic carbocycles. The van der Waals surface area contributed by atoms with Gasteiger partial charge in [-0.2, -0.15) is 0 Å². The van der Waals surface area contributed by atoms with Gasteiger partial charge in [0.15, 0.2) is 6.29 Å². The topological polar surface area (TPSA) is 221 Å². The number of hydrogen-bond acceptors (Lipinski definition) is 15. The van der Waals surface area contributed by atoms with Gasteiger partial charge in [-0.1, -0.05) is 59.7 Å². The molecule has 0 aromatic heterocycles. The molecular weight excluding hydrogens is 748 g/mol. The number of hydrogen-bond donors (Lipinski definition) is 3. The molecule has 4 unspecified atom stereocenters. The van der Waals surface area contributed by atoms with Crippen LogP contribution in [-0.2, 0) is 57.1 Å². The zero-order valence-electron chi connectivity index (χ0n) is 33.2. The Hall–Kier alpha value is -5.26. The van der Waals surface area contributed by atoms with E-state index in [2.05, 4.69) is 50.1 Å². The number of aliphatic hydroxyl groups excluding tert-OH is 1. The van der Waals surface area contributed by atoms with Crippen LogP contribution in [0, 0.1) is 21.7 Å². The molecule has 1 rings (SSSR count). The number of amides is 2. The van der Waals surface area contributed by atoms with Gasteiger partial charge in [0.1, 0.15) is 45.1 Å². The molecule has 1 aliphatic rings. The molecule has 0 saturated heterocycles. The highest BCUT2D eigenvalue weighted by Gasteiger charge is 2.43. The van der Waals surface area contributed by atoms with Crippen LogP contribution < -0.4 is 10.6 Å². The first-order valence-corrected chi connectivity index (χ1v) is 17.9. The van der Waals surface area contributed by atoms with Crippen molar-refractivity contribution in [3.05, 3.63) is 75.9 Å². The Morgan fingerprint density at radius 3 is 1.54 bits per heavy atom. The van der Waals surface area contributed by atoms with Crippen molar-refractivity contribution in [3.8, 4) is 0 Å². The molecule has 318 valence electrons. The van der Waals surface area contributed by atoms with Crippen molar-refractivity contribution >= 4 is 36.1 Å². The quantitative estimate of drug-likeness (QED) is 0.0269. The Morgan fingerprint density at radius 2 is 1.11 bits per heavy atom. The molecule has 2 amide bonds. The molecule has 17 nitrogen and oxygen atoms in total. The van der Waals surface area contributed by atoms with Gasteiger partial charge < -0.3 is 53.6 Å². The van der Waals surface area contributed by atoms with Gasteiger partial charge in [0.05, 0.1) is 25.2 Å². The molecular formula is C40H58N2O15. The highest BCUT2D eigenvalue weighted by molar-refractivity contribution is 5.82. The molecule has 1 aliphatic carbocycles. The molecule has 0 aromatic rings. The molecule has 0 radical (unpaired) electrons. The molecule has 0 heterocycles. The smallest absolute Gasteiger partial charge is 0.407 e. The van der Waals surface area contributed by atoms with Gasteiger partial charge >= 0.3 is 36.1 Å². The number of carbonyl (C=O) groups is 6. The van der Waals surface area contributed by atoms with Crippen LogP contribution in [0.25, 0.3) is 0 Å². The molecule has 57 heavy (non-hydrogen) atoms. The van der Waals surface area contributed by atoms with Crippen LogP contribution in [0.5, 0.6) is 0 Å². The number of alkyl carbamates (subject to hydrolysis) is 2. The lowest BCUT2D eigenvalue weighted by Crippen LogP contribution is -2.51. The predicted octanol–water partition coefficient (Wildman–Crippen LogP) is 3.64. The van der Waals surface area contributed by atoms with E-state index in [4.69, 9.17) is 37.9 Å². The summed E-state index contributed by atoms with van der Waals surface area (Å²) in [5, 5.41) is 15.6. The summed E-state index contributed by atoms with van der Waals surface area (Å²) in [7, 11) is 0. The Kier molecular flexibility index (Phi) is 21.3. The van der Waals surface area contributed by atoms with Gasteiger partial charge in [0.2, 0.25) is 0 Å². The summed E-state index contributed by atoms with van der Waals surface area (Å²) in [6, 6.07) is -0.433. The first kappa shape index (κ1) is 49.8. The van der Waals surface area contributed by atoms with Crippen LogP contribution in [0.4, 0.5) is 9.59 Å². The lowest BCUT2D eigenvalue weighted by Gasteiger charge is -2.46.